The molecule has 0 bridgehead atoms. The number of rotatable bonds is 2. The SMILES string of the molecule is COC(=O)[C@H]1[C@H](C=C(F)F)C1(C)C. The lowest BCUT2D eigenvalue weighted by atomic mass is 10.1. The fourth-order valence-corrected chi connectivity index (χ4v) is 1.70. The second-order valence-corrected chi connectivity index (χ2v) is 3.80. The third-order valence-corrected chi connectivity index (χ3v) is 2.67. The Hall–Kier alpha value is -0.930. The molecule has 0 spiro atoms. The van der Waals surface area contributed by atoms with Crippen molar-refractivity contribution >= 4 is 5.97 Å². The van der Waals surface area contributed by atoms with Gasteiger partial charge in [0.1, 0.15) is 0 Å². The summed E-state index contributed by atoms with van der Waals surface area (Å²) in [5.74, 6) is -1.21. The predicted octanol–water partition coefficient (Wildman–Crippen LogP) is 2.21. The standard InChI is InChI=1S/C9H12F2O2/c1-9(2)5(4-6(10)11)7(9)8(12)13-3/h4-5,7H,1-3H3/t5-,7+/m0/s1. The van der Waals surface area contributed by atoms with Gasteiger partial charge < -0.3 is 4.74 Å². The molecule has 2 atom stereocenters. The summed E-state index contributed by atoms with van der Waals surface area (Å²) >= 11 is 0. The minimum atomic E-state index is -1.73. The van der Waals surface area contributed by atoms with Crippen molar-refractivity contribution in [2.45, 2.75) is 13.8 Å². The summed E-state index contributed by atoms with van der Waals surface area (Å²) in [5.41, 5.74) is -0.392. The highest BCUT2D eigenvalue weighted by molar-refractivity contribution is 5.78. The zero-order valence-electron chi connectivity index (χ0n) is 7.80. The molecular weight excluding hydrogens is 178 g/mol. The van der Waals surface area contributed by atoms with Crippen molar-refractivity contribution in [3.63, 3.8) is 0 Å². The van der Waals surface area contributed by atoms with Crippen LogP contribution in [0.5, 0.6) is 0 Å². The summed E-state index contributed by atoms with van der Waals surface area (Å²) in [4.78, 5) is 11.1. The lowest BCUT2D eigenvalue weighted by Crippen LogP contribution is -2.07. The predicted molar refractivity (Wildman–Crippen MR) is 43.1 cm³/mol. The van der Waals surface area contributed by atoms with Crippen molar-refractivity contribution < 1.29 is 18.3 Å². The largest absolute Gasteiger partial charge is 0.469 e. The average Bonchev–Trinajstić information content (AvgIpc) is 2.51. The van der Waals surface area contributed by atoms with E-state index in [4.69, 9.17) is 0 Å². The van der Waals surface area contributed by atoms with Crippen LogP contribution in [-0.4, -0.2) is 13.1 Å². The first-order chi connectivity index (χ1) is 5.91. The molecule has 1 fully saturated rings. The summed E-state index contributed by atoms with van der Waals surface area (Å²) in [7, 11) is 1.27. The highest BCUT2D eigenvalue weighted by Gasteiger charge is 2.61. The Morgan fingerprint density at radius 2 is 2.00 bits per heavy atom. The first-order valence-corrected chi connectivity index (χ1v) is 4.02. The van der Waals surface area contributed by atoms with Gasteiger partial charge in [0.25, 0.3) is 6.08 Å². The van der Waals surface area contributed by atoms with Crippen molar-refractivity contribution in [2.24, 2.45) is 17.3 Å². The van der Waals surface area contributed by atoms with E-state index < -0.39 is 23.4 Å². The second-order valence-electron chi connectivity index (χ2n) is 3.80. The Balaban J connectivity index is 2.72. The van der Waals surface area contributed by atoms with Crippen LogP contribution in [0.1, 0.15) is 13.8 Å². The number of esters is 1. The smallest absolute Gasteiger partial charge is 0.309 e. The normalized spacial score (nSPS) is 29.3. The first kappa shape index (κ1) is 10.2. The Morgan fingerprint density at radius 1 is 1.46 bits per heavy atom. The van der Waals surface area contributed by atoms with Gasteiger partial charge in [0, 0.05) is 5.92 Å². The van der Waals surface area contributed by atoms with Gasteiger partial charge in [-0.1, -0.05) is 13.8 Å². The van der Waals surface area contributed by atoms with Gasteiger partial charge in [-0.3, -0.25) is 4.79 Å². The van der Waals surface area contributed by atoms with E-state index in [1.54, 1.807) is 13.8 Å². The van der Waals surface area contributed by atoms with E-state index in [2.05, 4.69) is 4.74 Å². The van der Waals surface area contributed by atoms with Gasteiger partial charge in [-0.15, -0.1) is 0 Å². The molecule has 1 aliphatic rings. The maximum Gasteiger partial charge on any atom is 0.309 e. The Kier molecular flexibility index (Phi) is 2.41. The van der Waals surface area contributed by atoms with Gasteiger partial charge in [-0.05, 0) is 11.5 Å². The molecule has 4 heteroatoms. The Bertz CT molecular complexity index is 254. The Morgan fingerprint density at radius 3 is 2.38 bits per heavy atom. The molecule has 0 aromatic carbocycles. The van der Waals surface area contributed by atoms with Crippen LogP contribution in [0.25, 0.3) is 0 Å². The molecule has 0 N–H and O–H groups in total. The molecule has 1 saturated carbocycles. The summed E-state index contributed by atoms with van der Waals surface area (Å²) in [6.45, 7) is 3.55. The van der Waals surface area contributed by atoms with E-state index in [1.807, 2.05) is 0 Å². The fourth-order valence-electron chi connectivity index (χ4n) is 1.70. The van der Waals surface area contributed by atoms with Crippen molar-refractivity contribution in [1.29, 1.82) is 0 Å². The molecule has 0 amide bonds. The molecule has 1 aliphatic carbocycles. The average molecular weight is 190 g/mol. The minimum absolute atomic E-state index is 0.384. The third kappa shape index (κ3) is 1.71. The van der Waals surface area contributed by atoms with Crippen LogP contribution in [0.4, 0.5) is 8.78 Å². The third-order valence-electron chi connectivity index (χ3n) is 2.67. The number of ether oxygens (including phenoxy) is 1. The molecule has 0 heterocycles. The number of hydrogen-bond acceptors (Lipinski definition) is 2. The van der Waals surface area contributed by atoms with E-state index in [0.29, 0.717) is 0 Å². The maximum atomic E-state index is 11.9. The summed E-state index contributed by atoms with van der Waals surface area (Å²) < 4.78 is 28.3. The Labute approximate surface area is 75.6 Å². The lowest BCUT2D eigenvalue weighted by molar-refractivity contribution is -0.143. The number of halogens is 2. The quantitative estimate of drug-likeness (QED) is 0.624. The minimum Gasteiger partial charge on any atom is -0.469 e. The number of methoxy groups -OCH3 is 1. The van der Waals surface area contributed by atoms with Crippen molar-refractivity contribution in [1.82, 2.24) is 0 Å². The lowest BCUT2D eigenvalue weighted by Gasteiger charge is -1.98. The van der Waals surface area contributed by atoms with Crippen LogP contribution in [0.15, 0.2) is 12.2 Å². The highest BCUT2D eigenvalue weighted by Crippen LogP contribution is 2.59. The van der Waals surface area contributed by atoms with Gasteiger partial charge >= 0.3 is 5.97 Å². The van der Waals surface area contributed by atoms with E-state index in [1.165, 1.54) is 7.11 Å². The van der Waals surface area contributed by atoms with Gasteiger partial charge in [-0.2, -0.15) is 8.78 Å². The van der Waals surface area contributed by atoms with Crippen LogP contribution in [0.2, 0.25) is 0 Å². The van der Waals surface area contributed by atoms with E-state index >= 15 is 0 Å². The first-order valence-electron chi connectivity index (χ1n) is 4.02. The molecule has 13 heavy (non-hydrogen) atoms. The topological polar surface area (TPSA) is 26.3 Å². The van der Waals surface area contributed by atoms with Gasteiger partial charge in [0.2, 0.25) is 0 Å². The second kappa shape index (κ2) is 3.09. The number of hydrogen-bond donors (Lipinski definition) is 0. The van der Waals surface area contributed by atoms with Crippen molar-refractivity contribution in [2.75, 3.05) is 7.11 Å². The van der Waals surface area contributed by atoms with Gasteiger partial charge in [-0.25, -0.2) is 0 Å². The highest BCUT2D eigenvalue weighted by atomic mass is 19.3. The molecule has 74 valence electrons. The monoisotopic (exact) mass is 190 g/mol. The fraction of sp³-hybridized carbons (Fsp3) is 0.667. The molecule has 0 aromatic rings. The van der Waals surface area contributed by atoms with Crippen LogP contribution in [0, 0.1) is 17.3 Å². The summed E-state index contributed by atoms with van der Waals surface area (Å²) in [5, 5.41) is 0. The van der Waals surface area contributed by atoms with Crippen LogP contribution in [0.3, 0.4) is 0 Å². The maximum absolute atomic E-state index is 11.9. The van der Waals surface area contributed by atoms with Crippen molar-refractivity contribution in [3.05, 3.63) is 12.2 Å². The molecule has 0 saturated heterocycles. The number of carbonyl (C=O) groups is 1. The number of allylic oxidation sites excluding steroid dienone is 1. The molecule has 0 aliphatic heterocycles. The summed E-state index contributed by atoms with van der Waals surface area (Å²) in [6, 6.07) is 0. The van der Waals surface area contributed by atoms with Crippen molar-refractivity contribution in [3.8, 4) is 0 Å². The van der Waals surface area contributed by atoms with E-state index in [0.717, 1.165) is 6.08 Å². The zero-order valence-corrected chi connectivity index (χ0v) is 7.80. The van der Waals surface area contributed by atoms with Crippen LogP contribution in [-0.2, 0) is 9.53 Å². The summed E-state index contributed by atoms with van der Waals surface area (Å²) in [6.07, 6.45) is -0.897. The molecule has 2 nitrogen and oxygen atoms in total. The van der Waals surface area contributed by atoms with E-state index in [-0.39, 0.29) is 5.92 Å². The van der Waals surface area contributed by atoms with Gasteiger partial charge in [0.05, 0.1) is 13.0 Å². The molecule has 0 unspecified atom stereocenters. The molecule has 1 rings (SSSR count). The molecule has 0 radical (unpaired) electrons. The zero-order chi connectivity index (χ0) is 10.2. The van der Waals surface area contributed by atoms with Crippen LogP contribution < -0.4 is 0 Å². The van der Waals surface area contributed by atoms with Crippen LogP contribution >= 0.6 is 0 Å². The molecular formula is C9H12F2O2. The van der Waals surface area contributed by atoms with E-state index in [9.17, 15) is 13.6 Å². The van der Waals surface area contributed by atoms with Gasteiger partial charge in [0.15, 0.2) is 0 Å². The number of carbonyl (C=O) groups excluding carboxylic acids is 1. The molecule has 0 aromatic heterocycles.